The van der Waals surface area contributed by atoms with Crippen molar-refractivity contribution in [1.82, 2.24) is 0 Å². The average molecular weight is 292 g/mol. The van der Waals surface area contributed by atoms with Gasteiger partial charge in [0.1, 0.15) is 12.2 Å². The number of hydrogen-bond donors (Lipinski definition) is 3. The second-order valence-electron chi connectivity index (χ2n) is 2.63. The highest BCUT2D eigenvalue weighted by atomic mass is 127. The minimum atomic E-state index is -1.64. The summed E-state index contributed by atoms with van der Waals surface area (Å²) in [7, 11) is 0. The molecule has 1 unspecified atom stereocenters. The molecule has 0 aromatic rings. The zero-order chi connectivity index (χ0) is 9.30. The molecule has 1 aliphatic rings. The van der Waals surface area contributed by atoms with Gasteiger partial charge < -0.3 is 20.1 Å². The first-order valence-corrected chi connectivity index (χ1v) is 4.73. The predicted molar refractivity (Wildman–Crippen MR) is 46.7 cm³/mol. The van der Waals surface area contributed by atoms with Gasteiger partial charge in [0.2, 0.25) is 6.36 Å². The minimum Gasteiger partial charge on any atom is -0.394 e. The van der Waals surface area contributed by atoms with E-state index in [0.29, 0.717) is 0 Å². The van der Waals surface area contributed by atoms with Crippen LogP contribution < -0.4 is 0 Å². The molecular weight excluding hydrogens is 282 g/mol. The Morgan fingerprint density at radius 2 is 1.92 bits per heavy atom. The molecule has 6 heteroatoms. The maximum Gasteiger partial charge on any atom is 0.213 e. The van der Waals surface area contributed by atoms with E-state index in [9.17, 15) is 14.6 Å². The predicted octanol–water partition coefficient (Wildman–Crippen LogP) is -0.802. The van der Waals surface area contributed by atoms with E-state index in [-0.39, 0.29) is 0 Å². The third-order valence-electron chi connectivity index (χ3n) is 1.79. The lowest BCUT2D eigenvalue weighted by molar-refractivity contribution is -0.206. The first-order valence-electron chi connectivity index (χ1n) is 3.48. The molecule has 0 saturated carbocycles. The molecule has 12 heavy (non-hydrogen) atoms. The molecule has 1 fully saturated rings. The topological polar surface area (TPSA) is 69.9 Å². The third-order valence-corrected chi connectivity index (χ3v) is 3.09. The van der Waals surface area contributed by atoms with Crippen LogP contribution in [0.15, 0.2) is 0 Å². The third kappa shape index (κ3) is 1.87. The largest absolute Gasteiger partial charge is 0.394 e. The Morgan fingerprint density at radius 3 is 2.42 bits per heavy atom. The lowest BCUT2D eigenvalue weighted by Gasteiger charge is -2.36. The number of aliphatic hydroxyl groups excluding tert-OH is 3. The monoisotopic (exact) mass is 292 g/mol. The molecule has 1 aliphatic heterocycles. The van der Waals surface area contributed by atoms with Crippen LogP contribution in [0.3, 0.4) is 0 Å². The fourth-order valence-corrected chi connectivity index (χ4v) is 1.63. The molecule has 0 aliphatic carbocycles. The van der Waals surface area contributed by atoms with E-state index in [1.807, 2.05) is 0 Å². The van der Waals surface area contributed by atoms with Gasteiger partial charge in [0, 0.05) is 0 Å². The summed E-state index contributed by atoms with van der Waals surface area (Å²) in [5.41, 5.74) is 0. The summed E-state index contributed by atoms with van der Waals surface area (Å²) >= 11 is 1.66. The Bertz CT molecular complexity index is 154. The molecule has 5 atom stereocenters. The molecule has 0 radical (unpaired) electrons. The second-order valence-corrected chi connectivity index (χ2v) is 4.07. The van der Waals surface area contributed by atoms with E-state index in [4.69, 9.17) is 5.11 Å². The molecule has 1 saturated heterocycles. The number of ether oxygens (including phenoxy) is 1. The summed E-state index contributed by atoms with van der Waals surface area (Å²) in [6, 6.07) is 0. The fraction of sp³-hybridized carbons (Fsp3) is 1.00. The van der Waals surface area contributed by atoms with Gasteiger partial charge in [-0.15, -0.1) is 0 Å². The minimum absolute atomic E-state index is 0.498. The lowest BCUT2D eigenvalue weighted by Crippen LogP contribution is -2.55. The van der Waals surface area contributed by atoms with Crippen LogP contribution in [0.1, 0.15) is 0 Å². The van der Waals surface area contributed by atoms with Crippen molar-refractivity contribution in [2.45, 2.75) is 28.6 Å². The standard InChI is InChI=1S/C6H10FIO4/c7-6-3(8)5(11)4(10)2(1-9)12-6/h2-6,9-11H,1H2/t2-,3-,4-,5-,6?/m1/s1. The number of halogens is 2. The van der Waals surface area contributed by atoms with Gasteiger partial charge in [-0.25, -0.2) is 4.39 Å². The highest BCUT2D eigenvalue weighted by Gasteiger charge is 2.42. The summed E-state index contributed by atoms with van der Waals surface area (Å²) in [5, 5.41) is 27.1. The summed E-state index contributed by atoms with van der Waals surface area (Å²) in [5.74, 6) is 0. The summed E-state index contributed by atoms with van der Waals surface area (Å²) in [4.78, 5) is 0. The van der Waals surface area contributed by atoms with E-state index in [1.165, 1.54) is 0 Å². The zero-order valence-corrected chi connectivity index (χ0v) is 8.26. The molecule has 0 spiro atoms. The Morgan fingerprint density at radius 1 is 1.33 bits per heavy atom. The maximum absolute atomic E-state index is 12.8. The van der Waals surface area contributed by atoms with E-state index in [2.05, 4.69) is 4.74 Å². The van der Waals surface area contributed by atoms with Gasteiger partial charge in [-0.2, -0.15) is 0 Å². The van der Waals surface area contributed by atoms with Gasteiger partial charge in [0.25, 0.3) is 0 Å². The van der Waals surface area contributed by atoms with Gasteiger partial charge in [0.15, 0.2) is 0 Å². The van der Waals surface area contributed by atoms with Crippen LogP contribution in [0.4, 0.5) is 4.39 Å². The Hall–Kier alpha value is 0.500. The molecule has 1 rings (SSSR count). The Labute approximate surface area is 82.5 Å². The highest BCUT2D eigenvalue weighted by molar-refractivity contribution is 14.1. The smallest absolute Gasteiger partial charge is 0.213 e. The summed E-state index contributed by atoms with van der Waals surface area (Å²) in [6.07, 6.45) is -5.07. The summed E-state index contributed by atoms with van der Waals surface area (Å²) < 4.78 is 16.6. The van der Waals surface area contributed by atoms with Crippen LogP contribution in [-0.2, 0) is 4.74 Å². The van der Waals surface area contributed by atoms with E-state index in [1.54, 1.807) is 22.6 Å². The molecule has 4 nitrogen and oxygen atoms in total. The second kappa shape index (κ2) is 4.14. The lowest BCUT2D eigenvalue weighted by atomic mass is 10.0. The van der Waals surface area contributed by atoms with Gasteiger partial charge in [-0.3, -0.25) is 0 Å². The van der Waals surface area contributed by atoms with E-state index >= 15 is 0 Å². The number of hydrogen-bond acceptors (Lipinski definition) is 4. The van der Waals surface area contributed by atoms with Crippen LogP contribution in [0, 0.1) is 0 Å². The molecule has 0 aromatic carbocycles. The van der Waals surface area contributed by atoms with Crippen molar-refractivity contribution in [3.8, 4) is 0 Å². The quantitative estimate of drug-likeness (QED) is 0.437. The van der Waals surface area contributed by atoms with Gasteiger partial charge in [-0.05, 0) is 0 Å². The van der Waals surface area contributed by atoms with Crippen LogP contribution in [0.5, 0.6) is 0 Å². The normalized spacial score (nSPS) is 49.2. The van der Waals surface area contributed by atoms with Gasteiger partial charge >= 0.3 is 0 Å². The van der Waals surface area contributed by atoms with Crippen LogP contribution in [-0.4, -0.2) is 50.5 Å². The van der Waals surface area contributed by atoms with Gasteiger partial charge in [0.05, 0.1) is 16.6 Å². The van der Waals surface area contributed by atoms with E-state index in [0.717, 1.165) is 0 Å². The van der Waals surface area contributed by atoms with Crippen LogP contribution in [0.2, 0.25) is 0 Å². The molecule has 1 heterocycles. The van der Waals surface area contributed by atoms with Crippen molar-refractivity contribution in [3.63, 3.8) is 0 Å². The van der Waals surface area contributed by atoms with Crippen molar-refractivity contribution in [1.29, 1.82) is 0 Å². The number of aliphatic hydroxyl groups is 3. The van der Waals surface area contributed by atoms with Crippen molar-refractivity contribution in [2.75, 3.05) is 6.61 Å². The molecule has 3 N–H and O–H groups in total. The first-order chi connectivity index (χ1) is 5.57. The number of rotatable bonds is 1. The van der Waals surface area contributed by atoms with Crippen molar-refractivity contribution < 1.29 is 24.4 Å². The molecule has 72 valence electrons. The Kier molecular flexibility index (Phi) is 3.65. The summed E-state index contributed by atoms with van der Waals surface area (Å²) in [6.45, 7) is -0.498. The maximum atomic E-state index is 12.8. The molecule has 0 bridgehead atoms. The fourth-order valence-electron chi connectivity index (χ4n) is 1.04. The van der Waals surface area contributed by atoms with Crippen LogP contribution in [0.25, 0.3) is 0 Å². The highest BCUT2D eigenvalue weighted by Crippen LogP contribution is 2.27. The van der Waals surface area contributed by atoms with E-state index < -0.39 is 35.2 Å². The van der Waals surface area contributed by atoms with Crippen molar-refractivity contribution >= 4 is 22.6 Å². The molecule has 0 amide bonds. The first kappa shape index (κ1) is 10.6. The van der Waals surface area contributed by atoms with Crippen molar-refractivity contribution in [2.24, 2.45) is 0 Å². The number of alkyl halides is 2. The van der Waals surface area contributed by atoms with Crippen molar-refractivity contribution in [3.05, 3.63) is 0 Å². The zero-order valence-electron chi connectivity index (χ0n) is 6.10. The Balaban J connectivity index is 2.63. The average Bonchev–Trinajstić information content (AvgIpc) is 2.08. The van der Waals surface area contributed by atoms with Gasteiger partial charge in [-0.1, -0.05) is 22.6 Å². The SMILES string of the molecule is OC[C@H]1OC(F)[C@H](I)[C@@H](O)[C@@H]1O. The molecular formula is C6H10FIO4. The van der Waals surface area contributed by atoms with Crippen LogP contribution >= 0.6 is 22.6 Å². The molecule has 0 aromatic heterocycles.